The van der Waals surface area contributed by atoms with Gasteiger partial charge in [0, 0.05) is 36.8 Å². The van der Waals surface area contributed by atoms with Crippen LogP contribution in [-0.2, 0) is 13.0 Å². The largest absolute Gasteiger partial charge is 0.350 e. The molecule has 0 aliphatic heterocycles. The number of aromatic amines is 1. The van der Waals surface area contributed by atoms with Gasteiger partial charge in [-0.2, -0.15) is 0 Å². The predicted molar refractivity (Wildman–Crippen MR) is 76.1 cm³/mol. The van der Waals surface area contributed by atoms with Crippen molar-refractivity contribution < 1.29 is 4.79 Å². The summed E-state index contributed by atoms with van der Waals surface area (Å²) >= 11 is 7.01. The molecule has 0 unspecified atom stereocenters. The Labute approximate surface area is 119 Å². The second kappa shape index (κ2) is 6.08. The number of hydrogen-bond donors (Lipinski definition) is 2. The fraction of sp³-hybridized carbons (Fsp3) is 0.333. The number of aromatic nitrogens is 2. The van der Waals surface area contributed by atoms with Gasteiger partial charge in [0.15, 0.2) is 0 Å². The highest BCUT2D eigenvalue weighted by atomic mass is 35.5. The van der Waals surface area contributed by atoms with E-state index in [2.05, 4.69) is 10.3 Å². The van der Waals surface area contributed by atoms with Crippen molar-refractivity contribution in [3.63, 3.8) is 0 Å². The van der Waals surface area contributed by atoms with Crippen molar-refractivity contribution in [3.8, 4) is 0 Å². The number of nitrogens with one attached hydrogen (secondary N) is 2. The summed E-state index contributed by atoms with van der Waals surface area (Å²) in [6, 6.07) is 1.65. The van der Waals surface area contributed by atoms with Gasteiger partial charge in [-0.25, -0.2) is 0 Å². The van der Waals surface area contributed by atoms with E-state index in [1.165, 1.54) is 0 Å². The average molecular weight is 300 g/mol. The van der Waals surface area contributed by atoms with Gasteiger partial charge < -0.3 is 14.9 Å². The van der Waals surface area contributed by atoms with Crippen LogP contribution in [0.25, 0.3) is 0 Å². The van der Waals surface area contributed by atoms with Gasteiger partial charge in [-0.15, -0.1) is 0 Å². The van der Waals surface area contributed by atoms with E-state index in [-0.39, 0.29) is 10.8 Å². The molecule has 19 heavy (non-hydrogen) atoms. The third kappa shape index (κ3) is 3.48. The molecule has 0 atom stereocenters. The third-order valence-corrected chi connectivity index (χ3v) is 3.61. The molecule has 0 radical (unpaired) electrons. The van der Waals surface area contributed by atoms with E-state index in [4.69, 9.17) is 11.6 Å². The molecule has 0 bridgehead atoms. The summed E-state index contributed by atoms with van der Waals surface area (Å²) in [5, 5.41) is 5.12. The number of amides is 1. The van der Waals surface area contributed by atoms with Crippen molar-refractivity contribution in [2.45, 2.75) is 19.9 Å². The van der Waals surface area contributed by atoms with Crippen LogP contribution in [-0.4, -0.2) is 22.0 Å². The molecule has 2 N–H and O–H groups in total. The van der Waals surface area contributed by atoms with Crippen molar-refractivity contribution in [3.05, 3.63) is 43.7 Å². The Hall–Kier alpha value is -1.53. The van der Waals surface area contributed by atoms with Gasteiger partial charge in [-0.3, -0.25) is 9.59 Å². The number of aryl methyl sites for hydroxylation is 1. The van der Waals surface area contributed by atoms with E-state index in [0.717, 1.165) is 17.0 Å². The maximum atomic E-state index is 12.0. The lowest BCUT2D eigenvalue weighted by Crippen LogP contribution is -2.27. The molecule has 0 saturated carbocycles. The van der Waals surface area contributed by atoms with E-state index >= 15 is 0 Å². The molecule has 0 fully saturated rings. The van der Waals surface area contributed by atoms with Crippen molar-refractivity contribution in [2.75, 3.05) is 6.54 Å². The molecule has 0 aromatic carbocycles. The van der Waals surface area contributed by atoms with Crippen LogP contribution in [0.15, 0.2) is 22.4 Å². The van der Waals surface area contributed by atoms with Crippen LogP contribution < -0.4 is 10.2 Å². The summed E-state index contributed by atoms with van der Waals surface area (Å²) < 4.78 is 1.80. The number of rotatable bonds is 5. The Balaban J connectivity index is 1.92. The second-order valence-electron chi connectivity index (χ2n) is 4.01. The normalized spacial score (nSPS) is 10.6. The van der Waals surface area contributed by atoms with Crippen molar-refractivity contribution in [2.24, 2.45) is 0 Å². The Morgan fingerprint density at radius 2 is 2.37 bits per heavy atom. The van der Waals surface area contributed by atoms with Crippen molar-refractivity contribution in [1.82, 2.24) is 14.9 Å². The van der Waals surface area contributed by atoms with Gasteiger partial charge in [0.2, 0.25) is 0 Å². The Bertz CT molecular complexity index is 629. The topological polar surface area (TPSA) is 66.9 Å². The molecule has 7 heteroatoms. The van der Waals surface area contributed by atoms with Crippen LogP contribution in [0.2, 0.25) is 5.02 Å². The van der Waals surface area contributed by atoms with Gasteiger partial charge >= 0.3 is 4.87 Å². The van der Waals surface area contributed by atoms with Gasteiger partial charge in [0.05, 0.1) is 5.02 Å². The minimum atomic E-state index is -0.161. The highest BCUT2D eigenvalue weighted by Crippen LogP contribution is 2.13. The average Bonchev–Trinajstić information content (AvgIpc) is 2.95. The van der Waals surface area contributed by atoms with Crippen LogP contribution in [0, 0.1) is 0 Å². The summed E-state index contributed by atoms with van der Waals surface area (Å²) in [6.07, 6.45) is 2.33. The molecular formula is C12H14ClN3O2S. The maximum Gasteiger partial charge on any atom is 0.304 e. The lowest BCUT2D eigenvalue weighted by Gasteiger charge is -2.06. The quantitative estimate of drug-likeness (QED) is 0.885. The molecule has 0 spiro atoms. The molecule has 2 aromatic heterocycles. The number of halogens is 1. The van der Waals surface area contributed by atoms with E-state index < -0.39 is 0 Å². The summed E-state index contributed by atoms with van der Waals surface area (Å²) in [5.74, 6) is -0.161. The number of hydrogen-bond acceptors (Lipinski definition) is 3. The molecule has 0 saturated heterocycles. The SMILES string of the molecule is CCn1cc(Cl)cc1C(=O)NCCc1csc(=O)[nH]1. The number of carbonyl (C=O) groups excluding carboxylic acids is 1. The molecule has 102 valence electrons. The standard InChI is InChI=1S/C12H14ClN3O2S/c1-2-16-6-8(13)5-10(16)11(17)14-4-3-9-7-19-12(18)15-9/h5-7H,2-4H2,1H3,(H,14,17)(H,15,18). The predicted octanol–water partition coefficient (Wildman–Crippen LogP) is 1.88. The molecular weight excluding hydrogens is 286 g/mol. The zero-order valence-corrected chi connectivity index (χ0v) is 12.0. The van der Waals surface area contributed by atoms with Gasteiger partial charge in [0.25, 0.3) is 5.91 Å². The number of H-pyrrole nitrogens is 1. The fourth-order valence-electron chi connectivity index (χ4n) is 1.76. The van der Waals surface area contributed by atoms with Crippen LogP contribution in [0.5, 0.6) is 0 Å². The lowest BCUT2D eigenvalue weighted by atomic mass is 10.3. The molecule has 0 aliphatic rings. The minimum absolute atomic E-state index is 0.0760. The number of nitrogens with zero attached hydrogens (tertiary/aromatic N) is 1. The minimum Gasteiger partial charge on any atom is -0.350 e. The van der Waals surface area contributed by atoms with E-state index in [1.807, 2.05) is 6.92 Å². The summed E-state index contributed by atoms with van der Waals surface area (Å²) in [6.45, 7) is 3.11. The zero-order valence-electron chi connectivity index (χ0n) is 10.4. The fourth-order valence-corrected chi connectivity index (χ4v) is 2.60. The highest BCUT2D eigenvalue weighted by Gasteiger charge is 2.11. The smallest absolute Gasteiger partial charge is 0.304 e. The molecule has 0 aliphatic carbocycles. The molecule has 1 amide bonds. The van der Waals surface area contributed by atoms with Crippen LogP contribution in [0.3, 0.4) is 0 Å². The van der Waals surface area contributed by atoms with Crippen LogP contribution in [0.1, 0.15) is 23.1 Å². The van der Waals surface area contributed by atoms with Gasteiger partial charge in [-0.1, -0.05) is 22.9 Å². The summed E-state index contributed by atoms with van der Waals surface area (Å²) in [7, 11) is 0. The second-order valence-corrected chi connectivity index (χ2v) is 5.29. The Morgan fingerprint density at radius 1 is 1.58 bits per heavy atom. The van der Waals surface area contributed by atoms with Crippen molar-refractivity contribution >= 4 is 28.8 Å². The first-order valence-electron chi connectivity index (χ1n) is 5.90. The number of carbonyl (C=O) groups is 1. The first kappa shape index (κ1) is 13.9. The molecule has 2 aromatic rings. The first-order chi connectivity index (χ1) is 9.10. The lowest BCUT2D eigenvalue weighted by molar-refractivity contribution is 0.0945. The molecule has 2 rings (SSSR count). The van der Waals surface area contributed by atoms with Gasteiger partial charge in [0.1, 0.15) is 5.69 Å². The Morgan fingerprint density at radius 3 is 3.00 bits per heavy atom. The third-order valence-electron chi connectivity index (χ3n) is 2.69. The summed E-state index contributed by atoms with van der Waals surface area (Å²) in [5.41, 5.74) is 1.38. The highest BCUT2D eigenvalue weighted by molar-refractivity contribution is 7.07. The Kier molecular flexibility index (Phi) is 4.44. The van der Waals surface area contributed by atoms with E-state index in [1.54, 1.807) is 22.2 Å². The van der Waals surface area contributed by atoms with Crippen LogP contribution >= 0.6 is 22.9 Å². The van der Waals surface area contributed by atoms with Crippen LogP contribution in [0.4, 0.5) is 0 Å². The number of thiazole rings is 1. The first-order valence-corrected chi connectivity index (χ1v) is 7.16. The monoisotopic (exact) mass is 299 g/mol. The van der Waals surface area contributed by atoms with Crippen molar-refractivity contribution in [1.29, 1.82) is 0 Å². The maximum absolute atomic E-state index is 12.0. The van der Waals surface area contributed by atoms with E-state index in [0.29, 0.717) is 30.2 Å². The summed E-state index contributed by atoms with van der Waals surface area (Å²) in [4.78, 5) is 25.6. The zero-order chi connectivity index (χ0) is 13.8. The molecule has 5 nitrogen and oxygen atoms in total. The molecule has 2 heterocycles. The van der Waals surface area contributed by atoms with E-state index in [9.17, 15) is 9.59 Å². The van der Waals surface area contributed by atoms with Gasteiger partial charge in [-0.05, 0) is 13.0 Å².